The van der Waals surface area contributed by atoms with E-state index >= 15 is 0 Å². The molecule has 2 N–H and O–H groups in total. The first-order valence-corrected chi connectivity index (χ1v) is 5.93. The molecule has 0 aromatic carbocycles. The fraction of sp³-hybridized carbons (Fsp3) is 0.583. The summed E-state index contributed by atoms with van der Waals surface area (Å²) >= 11 is 0. The molecule has 0 fully saturated rings. The lowest BCUT2D eigenvalue weighted by Gasteiger charge is -2.25. The van der Waals surface area contributed by atoms with Gasteiger partial charge in [0.05, 0.1) is 0 Å². The highest BCUT2D eigenvalue weighted by atomic mass is 16.5. The minimum absolute atomic E-state index is 0.0376. The fourth-order valence-electron chi connectivity index (χ4n) is 1.67. The molecule has 0 saturated carbocycles. The average Bonchev–Trinajstić information content (AvgIpc) is 2.78. The van der Waals surface area contributed by atoms with Gasteiger partial charge >= 0.3 is 5.97 Å². The van der Waals surface area contributed by atoms with Crippen molar-refractivity contribution in [3.8, 4) is 0 Å². The predicted octanol–water partition coefficient (Wildman–Crippen LogP) is 1.19. The standard InChI is InChI=1S/C12H18N2O5/c1-4-5-12(2,11(16)17)13-10(15)9-6-8(7-18-3)19-14-9/h6H,4-5,7H2,1-3H3,(H,13,15)(H,16,17). The lowest BCUT2D eigenvalue weighted by molar-refractivity contribution is -0.144. The molecule has 0 saturated heterocycles. The van der Waals surface area contributed by atoms with Crippen molar-refractivity contribution in [2.45, 2.75) is 38.8 Å². The molecule has 0 spiro atoms. The Labute approximate surface area is 110 Å². The molecular weight excluding hydrogens is 252 g/mol. The number of hydrogen-bond donors (Lipinski definition) is 2. The van der Waals surface area contributed by atoms with Gasteiger partial charge in [-0.1, -0.05) is 18.5 Å². The molecule has 1 aromatic rings. The second-order valence-electron chi connectivity index (χ2n) is 4.45. The van der Waals surface area contributed by atoms with Crippen LogP contribution >= 0.6 is 0 Å². The molecule has 0 aliphatic heterocycles. The number of ether oxygens (including phenoxy) is 1. The number of nitrogens with zero attached hydrogens (tertiary/aromatic N) is 1. The molecule has 7 heteroatoms. The zero-order valence-corrected chi connectivity index (χ0v) is 11.2. The third kappa shape index (κ3) is 3.78. The van der Waals surface area contributed by atoms with E-state index in [-0.39, 0.29) is 12.3 Å². The molecule has 7 nitrogen and oxygen atoms in total. The number of nitrogens with one attached hydrogen (secondary N) is 1. The Bertz CT molecular complexity index is 457. The van der Waals surface area contributed by atoms with Gasteiger partial charge in [0.25, 0.3) is 5.91 Å². The maximum atomic E-state index is 11.9. The number of methoxy groups -OCH3 is 1. The minimum Gasteiger partial charge on any atom is -0.480 e. The molecule has 1 rings (SSSR count). The van der Waals surface area contributed by atoms with Crippen molar-refractivity contribution < 1.29 is 24.0 Å². The van der Waals surface area contributed by atoms with Gasteiger partial charge in [0.15, 0.2) is 11.5 Å². The van der Waals surface area contributed by atoms with Crippen LogP contribution in [0.25, 0.3) is 0 Å². The van der Waals surface area contributed by atoms with Gasteiger partial charge in [-0.3, -0.25) is 4.79 Å². The summed E-state index contributed by atoms with van der Waals surface area (Å²) in [6.45, 7) is 3.51. The zero-order valence-electron chi connectivity index (χ0n) is 11.2. The Hall–Kier alpha value is -1.89. The predicted molar refractivity (Wildman–Crippen MR) is 65.6 cm³/mol. The van der Waals surface area contributed by atoms with Crippen LogP contribution in [0, 0.1) is 0 Å². The lowest BCUT2D eigenvalue weighted by Crippen LogP contribution is -2.52. The Balaban J connectivity index is 2.78. The van der Waals surface area contributed by atoms with Crippen molar-refractivity contribution in [2.75, 3.05) is 7.11 Å². The van der Waals surface area contributed by atoms with E-state index in [1.165, 1.54) is 20.1 Å². The first-order valence-electron chi connectivity index (χ1n) is 5.93. The van der Waals surface area contributed by atoms with E-state index in [0.717, 1.165) is 0 Å². The molecular formula is C12H18N2O5. The smallest absolute Gasteiger partial charge is 0.329 e. The van der Waals surface area contributed by atoms with Crippen molar-refractivity contribution in [3.05, 3.63) is 17.5 Å². The summed E-state index contributed by atoms with van der Waals surface area (Å²) in [5.41, 5.74) is -1.28. The lowest BCUT2D eigenvalue weighted by atomic mass is 9.96. The van der Waals surface area contributed by atoms with Crippen molar-refractivity contribution in [1.29, 1.82) is 0 Å². The summed E-state index contributed by atoms with van der Waals surface area (Å²) in [4.78, 5) is 23.1. The van der Waals surface area contributed by atoms with Gasteiger partial charge in [-0.25, -0.2) is 4.79 Å². The third-order valence-corrected chi connectivity index (χ3v) is 2.69. The van der Waals surface area contributed by atoms with Gasteiger partial charge < -0.3 is 19.7 Å². The van der Waals surface area contributed by atoms with Crippen LogP contribution in [-0.2, 0) is 16.1 Å². The number of amides is 1. The van der Waals surface area contributed by atoms with Crippen LogP contribution in [0.3, 0.4) is 0 Å². The number of carbonyl (C=O) groups is 2. The summed E-state index contributed by atoms with van der Waals surface area (Å²) in [5.74, 6) is -1.26. The molecule has 0 bridgehead atoms. The van der Waals surface area contributed by atoms with Crippen LogP contribution in [0.1, 0.15) is 42.9 Å². The van der Waals surface area contributed by atoms with E-state index < -0.39 is 17.4 Å². The first kappa shape index (κ1) is 15.2. The molecule has 19 heavy (non-hydrogen) atoms. The van der Waals surface area contributed by atoms with Gasteiger partial charge in [-0.2, -0.15) is 0 Å². The van der Waals surface area contributed by atoms with Crippen LogP contribution in [-0.4, -0.2) is 34.8 Å². The highest BCUT2D eigenvalue weighted by Crippen LogP contribution is 2.14. The van der Waals surface area contributed by atoms with E-state index in [2.05, 4.69) is 10.5 Å². The maximum absolute atomic E-state index is 11.9. The molecule has 1 atom stereocenters. The monoisotopic (exact) mass is 270 g/mol. The molecule has 0 radical (unpaired) electrons. The van der Waals surface area contributed by atoms with Gasteiger partial charge in [-0.15, -0.1) is 0 Å². The fourth-order valence-corrected chi connectivity index (χ4v) is 1.67. The van der Waals surface area contributed by atoms with Gasteiger partial charge in [0.1, 0.15) is 12.1 Å². The number of rotatable bonds is 7. The molecule has 1 amide bonds. The number of aromatic nitrogens is 1. The van der Waals surface area contributed by atoms with Crippen molar-refractivity contribution in [3.63, 3.8) is 0 Å². The number of hydrogen-bond acceptors (Lipinski definition) is 5. The Morgan fingerprint density at radius 2 is 2.26 bits per heavy atom. The van der Waals surface area contributed by atoms with Gasteiger partial charge in [0, 0.05) is 13.2 Å². The van der Waals surface area contributed by atoms with Gasteiger partial charge in [-0.05, 0) is 13.3 Å². The van der Waals surface area contributed by atoms with Crippen LogP contribution in [0.5, 0.6) is 0 Å². The molecule has 1 heterocycles. The van der Waals surface area contributed by atoms with Crippen LogP contribution < -0.4 is 5.32 Å². The second kappa shape index (κ2) is 6.33. The largest absolute Gasteiger partial charge is 0.480 e. The molecule has 1 unspecified atom stereocenters. The van der Waals surface area contributed by atoms with E-state index in [1.807, 2.05) is 6.92 Å². The van der Waals surface area contributed by atoms with Crippen molar-refractivity contribution in [1.82, 2.24) is 10.5 Å². The summed E-state index contributed by atoms with van der Waals surface area (Å²) in [5, 5.41) is 15.2. The van der Waals surface area contributed by atoms with Crippen molar-refractivity contribution >= 4 is 11.9 Å². The summed E-state index contributed by atoms with van der Waals surface area (Å²) < 4.78 is 9.72. The van der Waals surface area contributed by atoms with Gasteiger partial charge in [0.2, 0.25) is 0 Å². The summed E-state index contributed by atoms with van der Waals surface area (Å²) in [6, 6.07) is 1.42. The number of carboxylic acid groups (broad SMARTS) is 1. The summed E-state index contributed by atoms with van der Waals surface area (Å²) in [7, 11) is 1.49. The topological polar surface area (TPSA) is 102 Å². The third-order valence-electron chi connectivity index (χ3n) is 2.69. The SMILES string of the molecule is CCCC(C)(NC(=O)c1cc(COC)on1)C(=O)O. The second-order valence-corrected chi connectivity index (χ2v) is 4.45. The van der Waals surface area contributed by atoms with E-state index in [1.54, 1.807) is 0 Å². The van der Waals surface area contributed by atoms with E-state index in [4.69, 9.17) is 9.26 Å². The van der Waals surface area contributed by atoms with E-state index in [9.17, 15) is 14.7 Å². The maximum Gasteiger partial charge on any atom is 0.329 e. The molecule has 0 aliphatic carbocycles. The number of carboxylic acids is 1. The van der Waals surface area contributed by atoms with Crippen LogP contribution in [0.4, 0.5) is 0 Å². The first-order chi connectivity index (χ1) is 8.92. The van der Waals surface area contributed by atoms with Crippen molar-refractivity contribution in [2.24, 2.45) is 0 Å². The number of aliphatic carboxylic acids is 1. The highest BCUT2D eigenvalue weighted by Gasteiger charge is 2.34. The van der Waals surface area contributed by atoms with Crippen LogP contribution in [0.15, 0.2) is 10.6 Å². The summed E-state index contributed by atoms with van der Waals surface area (Å²) in [6.07, 6.45) is 0.966. The average molecular weight is 270 g/mol. The Kier molecular flexibility index (Phi) is 5.05. The Morgan fingerprint density at radius 1 is 1.58 bits per heavy atom. The molecule has 1 aromatic heterocycles. The van der Waals surface area contributed by atoms with E-state index in [0.29, 0.717) is 18.6 Å². The number of carbonyl (C=O) groups excluding carboxylic acids is 1. The van der Waals surface area contributed by atoms with Crippen LogP contribution in [0.2, 0.25) is 0 Å². The normalized spacial score (nSPS) is 13.8. The minimum atomic E-state index is -1.31. The zero-order chi connectivity index (χ0) is 14.5. The Morgan fingerprint density at radius 3 is 2.79 bits per heavy atom. The molecule has 0 aliphatic rings. The highest BCUT2D eigenvalue weighted by molar-refractivity contribution is 5.96. The molecule has 106 valence electrons. The quantitative estimate of drug-likeness (QED) is 0.771.